The van der Waals surface area contributed by atoms with Gasteiger partial charge in [-0.3, -0.25) is 0 Å². The maximum absolute atomic E-state index is 11.6. The summed E-state index contributed by atoms with van der Waals surface area (Å²) in [5.74, 6) is -0.461. The van der Waals surface area contributed by atoms with Crippen LogP contribution in [0.2, 0.25) is 0 Å². The number of hydrogen-bond donors (Lipinski definition) is 1. The fourth-order valence-corrected chi connectivity index (χ4v) is 1.49. The molecule has 0 bridgehead atoms. The molecule has 2 aromatic rings. The van der Waals surface area contributed by atoms with Gasteiger partial charge in [-0.25, -0.2) is 4.79 Å². The van der Waals surface area contributed by atoms with Crippen LogP contribution in [0.25, 0.3) is 11.3 Å². The minimum atomic E-state index is -0.461. The number of aromatic amines is 1. The molecule has 1 N–H and O–H groups in total. The Bertz CT molecular complexity index is 518. The van der Waals surface area contributed by atoms with Gasteiger partial charge in [-0.1, -0.05) is 43.7 Å². The summed E-state index contributed by atoms with van der Waals surface area (Å²) >= 11 is 0. The minimum absolute atomic E-state index is 0.218. The van der Waals surface area contributed by atoms with Crippen LogP contribution >= 0.6 is 0 Å². The summed E-state index contributed by atoms with van der Waals surface area (Å²) in [7, 11) is 0. The molecule has 0 saturated heterocycles. The van der Waals surface area contributed by atoms with Gasteiger partial charge in [-0.05, 0) is 13.8 Å². The zero-order valence-corrected chi connectivity index (χ0v) is 11.7. The third kappa shape index (κ3) is 3.64. The van der Waals surface area contributed by atoms with Gasteiger partial charge >= 0.3 is 5.97 Å². The van der Waals surface area contributed by atoms with E-state index in [9.17, 15) is 4.79 Å². The van der Waals surface area contributed by atoms with Crippen molar-refractivity contribution >= 4 is 5.97 Å². The number of benzene rings is 1. The van der Waals surface area contributed by atoms with E-state index < -0.39 is 5.97 Å². The molecule has 2 rings (SSSR count). The lowest BCUT2D eigenvalue weighted by atomic mass is 10.1. The number of aromatic nitrogens is 3. The highest BCUT2D eigenvalue weighted by atomic mass is 16.5. The van der Waals surface area contributed by atoms with Crippen LogP contribution in [-0.4, -0.2) is 28.0 Å². The average Bonchev–Trinajstić information content (AvgIpc) is 2.91. The van der Waals surface area contributed by atoms with Crippen molar-refractivity contribution in [3.8, 4) is 11.3 Å². The topological polar surface area (TPSA) is 67.9 Å². The van der Waals surface area contributed by atoms with E-state index in [1.165, 1.54) is 0 Å². The maximum atomic E-state index is 11.6. The number of aryl methyl sites for hydroxylation is 1. The van der Waals surface area contributed by atoms with Crippen molar-refractivity contribution in [2.24, 2.45) is 0 Å². The highest BCUT2D eigenvalue weighted by Gasteiger charge is 2.18. The number of rotatable bonds is 3. The molecule has 0 spiro atoms. The third-order valence-electron chi connectivity index (χ3n) is 2.34. The first-order chi connectivity index (χ1) is 9.22. The summed E-state index contributed by atoms with van der Waals surface area (Å²) in [6, 6.07) is 7.71. The van der Waals surface area contributed by atoms with Gasteiger partial charge in [0.15, 0.2) is 5.69 Å². The van der Waals surface area contributed by atoms with Crippen molar-refractivity contribution in [3.05, 3.63) is 35.5 Å². The molecular weight excluding hydrogens is 242 g/mol. The molecule has 0 fully saturated rings. The maximum Gasteiger partial charge on any atom is 0.361 e. The van der Waals surface area contributed by atoms with Crippen molar-refractivity contribution in [2.45, 2.75) is 27.7 Å². The van der Waals surface area contributed by atoms with Gasteiger partial charge in [0, 0.05) is 5.56 Å². The molecule has 19 heavy (non-hydrogen) atoms. The van der Waals surface area contributed by atoms with Crippen LogP contribution in [0.5, 0.6) is 0 Å². The highest BCUT2D eigenvalue weighted by molar-refractivity contribution is 5.93. The third-order valence-corrected chi connectivity index (χ3v) is 2.34. The number of ether oxygens (including phenoxy) is 1. The number of carbonyl (C=O) groups excluding carboxylic acids is 1. The summed E-state index contributed by atoms with van der Waals surface area (Å²) < 4.78 is 4.91. The van der Waals surface area contributed by atoms with Gasteiger partial charge < -0.3 is 4.74 Å². The van der Waals surface area contributed by atoms with Gasteiger partial charge in [-0.15, -0.1) is 5.10 Å². The summed E-state index contributed by atoms with van der Waals surface area (Å²) in [5, 5.41) is 10.3. The second-order valence-electron chi connectivity index (χ2n) is 3.61. The van der Waals surface area contributed by atoms with Gasteiger partial charge in [0.25, 0.3) is 0 Å². The lowest BCUT2D eigenvalue weighted by Gasteiger charge is -2.01. The Kier molecular flexibility index (Phi) is 5.73. The van der Waals surface area contributed by atoms with Crippen LogP contribution in [0.1, 0.15) is 36.8 Å². The fourth-order valence-electron chi connectivity index (χ4n) is 1.49. The molecule has 0 amide bonds. The Labute approximate surface area is 113 Å². The second-order valence-corrected chi connectivity index (χ2v) is 3.61. The van der Waals surface area contributed by atoms with Crippen molar-refractivity contribution in [3.63, 3.8) is 0 Å². The van der Waals surface area contributed by atoms with E-state index in [1.54, 1.807) is 6.92 Å². The van der Waals surface area contributed by atoms with E-state index in [0.29, 0.717) is 12.3 Å². The molecule has 0 aliphatic rings. The number of carbonyl (C=O) groups is 1. The van der Waals surface area contributed by atoms with Crippen LogP contribution in [-0.2, 0) is 4.74 Å². The van der Waals surface area contributed by atoms with Crippen molar-refractivity contribution in [1.82, 2.24) is 15.4 Å². The fraction of sp³-hybridized carbons (Fsp3) is 0.357. The molecule has 5 nitrogen and oxygen atoms in total. The Morgan fingerprint density at radius 3 is 2.42 bits per heavy atom. The average molecular weight is 261 g/mol. The van der Waals surface area contributed by atoms with Crippen LogP contribution in [0.15, 0.2) is 24.3 Å². The van der Waals surface area contributed by atoms with Gasteiger partial charge in [-0.2, -0.15) is 10.3 Å². The molecule has 102 valence electrons. The largest absolute Gasteiger partial charge is 0.461 e. The zero-order chi connectivity index (χ0) is 14.3. The Balaban J connectivity index is 0.000000861. The number of hydrogen-bond acceptors (Lipinski definition) is 4. The second kappa shape index (κ2) is 7.31. The Morgan fingerprint density at radius 1 is 1.21 bits per heavy atom. The van der Waals surface area contributed by atoms with Crippen molar-refractivity contribution < 1.29 is 9.53 Å². The summed E-state index contributed by atoms with van der Waals surface area (Å²) in [6.07, 6.45) is 0. The predicted octanol–water partition coefficient (Wildman–Crippen LogP) is 2.98. The van der Waals surface area contributed by atoms with E-state index in [0.717, 1.165) is 11.1 Å². The molecular formula is C14H19N3O2. The molecule has 5 heteroatoms. The first-order valence-corrected chi connectivity index (χ1v) is 6.37. The summed E-state index contributed by atoms with van der Waals surface area (Å²) in [6.45, 7) is 8.07. The van der Waals surface area contributed by atoms with E-state index >= 15 is 0 Å². The van der Waals surface area contributed by atoms with Crippen LogP contribution in [0.4, 0.5) is 0 Å². The summed E-state index contributed by atoms with van der Waals surface area (Å²) in [5.41, 5.74) is 2.72. The number of H-pyrrole nitrogens is 1. The number of nitrogens with zero attached hydrogens (tertiary/aromatic N) is 2. The van der Waals surface area contributed by atoms with Crippen molar-refractivity contribution in [2.75, 3.05) is 6.61 Å². The normalized spacial score (nSPS) is 9.47. The Morgan fingerprint density at radius 2 is 1.84 bits per heavy atom. The molecule has 1 aromatic heterocycles. The van der Waals surface area contributed by atoms with Gasteiger partial charge in [0.1, 0.15) is 5.69 Å². The van der Waals surface area contributed by atoms with Crippen LogP contribution < -0.4 is 0 Å². The smallest absolute Gasteiger partial charge is 0.361 e. The van der Waals surface area contributed by atoms with E-state index in [-0.39, 0.29) is 5.69 Å². The first-order valence-electron chi connectivity index (χ1n) is 6.37. The van der Waals surface area contributed by atoms with E-state index in [1.807, 2.05) is 45.0 Å². The predicted molar refractivity (Wildman–Crippen MR) is 73.9 cm³/mol. The molecule has 0 unspecified atom stereocenters. The molecule has 0 atom stereocenters. The number of nitrogens with one attached hydrogen (secondary N) is 1. The van der Waals surface area contributed by atoms with Gasteiger partial charge in [0.05, 0.1) is 6.61 Å². The zero-order valence-electron chi connectivity index (χ0n) is 11.7. The molecule has 0 aliphatic carbocycles. The standard InChI is InChI=1S/C12H13N3O2.C2H6/c1-3-17-12(16)11-10(13-15-14-11)9-6-4-8(2)5-7-9;1-2/h4-7H,3H2,1-2H3,(H,13,14,15);1-2H3. The molecule has 1 heterocycles. The van der Waals surface area contributed by atoms with E-state index in [2.05, 4.69) is 15.4 Å². The monoisotopic (exact) mass is 261 g/mol. The highest BCUT2D eigenvalue weighted by Crippen LogP contribution is 2.20. The lowest BCUT2D eigenvalue weighted by Crippen LogP contribution is -2.06. The summed E-state index contributed by atoms with van der Waals surface area (Å²) in [4.78, 5) is 11.6. The van der Waals surface area contributed by atoms with Crippen LogP contribution in [0.3, 0.4) is 0 Å². The van der Waals surface area contributed by atoms with E-state index in [4.69, 9.17) is 4.74 Å². The molecule has 0 saturated carbocycles. The van der Waals surface area contributed by atoms with Crippen LogP contribution in [0, 0.1) is 6.92 Å². The van der Waals surface area contributed by atoms with Crippen molar-refractivity contribution in [1.29, 1.82) is 0 Å². The molecule has 0 radical (unpaired) electrons. The molecule has 1 aromatic carbocycles. The lowest BCUT2D eigenvalue weighted by molar-refractivity contribution is 0.0520. The van der Waals surface area contributed by atoms with Gasteiger partial charge in [0.2, 0.25) is 0 Å². The SMILES string of the molecule is CC.CCOC(=O)c1n[nH]nc1-c1ccc(C)cc1. The quantitative estimate of drug-likeness (QED) is 0.862. The molecule has 0 aliphatic heterocycles. The number of esters is 1. The minimum Gasteiger partial charge on any atom is -0.461 e. The first kappa shape index (κ1) is 14.9. The Hall–Kier alpha value is -2.17.